The summed E-state index contributed by atoms with van der Waals surface area (Å²) in [6, 6.07) is 2.33. The van der Waals surface area contributed by atoms with Crippen LogP contribution in [0, 0.1) is 11.6 Å². The lowest BCUT2D eigenvalue weighted by atomic mass is 10.2. The summed E-state index contributed by atoms with van der Waals surface area (Å²) in [5.41, 5.74) is 5.61. The first kappa shape index (κ1) is 12.9. The standard InChI is InChI=1S/C10H11F2NO2S/c11-7-2-1-6(8(12)3-7)4-16-5-9(13)10(14)15/h1-3,9H,4-5,13H2,(H,14,15). The molecule has 1 rings (SSSR count). The van der Waals surface area contributed by atoms with E-state index in [1.807, 2.05) is 0 Å². The number of nitrogens with two attached hydrogens (primary N) is 1. The van der Waals surface area contributed by atoms with Crippen LogP contribution in [0.4, 0.5) is 8.78 Å². The maximum absolute atomic E-state index is 13.1. The third kappa shape index (κ3) is 3.79. The van der Waals surface area contributed by atoms with Gasteiger partial charge in [0.25, 0.3) is 0 Å². The second-order valence-electron chi connectivity index (χ2n) is 3.20. The summed E-state index contributed by atoms with van der Waals surface area (Å²) >= 11 is 1.19. The van der Waals surface area contributed by atoms with E-state index in [0.29, 0.717) is 5.56 Å². The fourth-order valence-corrected chi connectivity index (χ4v) is 1.97. The van der Waals surface area contributed by atoms with Crippen molar-refractivity contribution in [3.63, 3.8) is 0 Å². The molecule has 0 bridgehead atoms. The number of halogens is 2. The van der Waals surface area contributed by atoms with Crippen LogP contribution in [0.3, 0.4) is 0 Å². The smallest absolute Gasteiger partial charge is 0.321 e. The first-order valence-electron chi connectivity index (χ1n) is 4.50. The van der Waals surface area contributed by atoms with Gasteiger partial charge in [0.2, 0.25) is 0 Å². The van der Waals surface area contributed by atoms with Gasteiger partial charge in [-0.15, -0.1) is 0 Å². The molecule has 1 unspecified atom stereocenters. The van der Waals surface area contributed by atoms with E-state index in [1.165, 1.54) is 17.8 Å². The van der Waals surface area contributed by atoms with E-state index in [1.54, 1.807) is 0 Å². The molecule has 0 fully saturated rings. The molecule has 0 aromatic heterocycles. The minimum atomic E-state index is -1.09. The van der Waals surface area contributed by atoms with Crippen molar-refractivity contribution in [2.24, 2.45) is 5.73 Å². The van der Waals surface area contributed by atoms with Gasteiger partial charge in [0, 0.05) is 17.6 Å². The molecule has 88 valence electrons. The molecule has 1 atom stereocenters. The van der Waals surface area contributed by atoms with Crippen LogP contribution in [0.1, 0.15) is 5.56 Å². The summed E-state index contributed by atoms with van der Waals surface area (Å²) in [6.07, 6.45) is 0. The fourth-order valence-electron chi connectivity index (χ4n) is 1.01. The second kappa shape index (κ2) is 5.81. The average Bonchev–Trinajstić information content (AvgIpc) is 2.20. The number of carboxylic acid groups (broad SMARTS) is 1. The van der Waals surface area contributed by atoms with Gasteiger partial charge in [-0.1, -0.05) is 6.07 Å². The number of carboxylic acids is 1. The van der Waals surface area contributed by atoms with Gasteiger partial charge in [-0.2, -0.15) is 11.8 Å². The van der Waals surface area contributed by atoms with Crippen LogP contribution in [0.25, 0.3) is 0 Å². The van der Waals surface area contributed by atoms with Crippen molar-refractivity contribution in [1.82, 2.24) is 0 Å². The molecule has 1 aromatic carbocycles. The largest absolute Gasteiger partial charge is 0.480 e. The Morgan fingerprint density at radius 1 is 1.50 bits per heavy atom. The highest BCUT2D eigenvalue weighted by molar-refractivity contribution is 7.98. The fraction of sp³-hybridized carbons (Fsp3) is 0.300. The lowest BCUT2D eigenvalue weighted by molar-refractivity contribution is -0.137. The Morgan fingerprint density at radius 3 is 2.75 bits per heavy atom. The summed E-state index contributed by atoms with van der Waals surface area (Å²) < 4.78 is 25.7. The van der Waals surface area contributed by atoms with Gasteiger partial charge in [-0.05, 0) is 11.6 Å². The van der Waals surface area contributed by atoms with Gasteiger partial charge in [0.1, 0.15) is 17.7 Å². The highest BCUT2D eigenvalue weighted by Gasteiger charge is 2.11. The minimum absolute atomic E-state index is 0.187. The lowest BCUT2D eigenvalue weighted by Crippen LogP contribution is -2.32. The van der Waals surface area contributed by atoms with Crippen molar-refractivity contribution in [2.45, 2.75) is 11.8 Å². The van der Waals surface area contributed by atoms with Crippen molar-refractivity contribution in [3.8, 4) is 0 Å². The number of thioether (sulfide) groups is 1. The van der Waals surface area contributed by atoms with E-state index in [2.05, 4.69) is 0 Å². The zero-order valence-electron chi connectivity index (χ0n) is 8.32. The molecule has 1 aromatic rings. The van der Waals surface area contributed by atoms with Crippen LogP contribution in [-0.2, 0) is 10.5 Å². The maximum atomic E-state index is 13.1. The van der Waals surface area contributed by atoms with Crippen molar-refractivity contribution < 1.29 is 18.7 Å². The third-order valence-corrected chi connectivity index (χ3v) is 3.00. The predicted octanol–water partition coefficient (Wildman–Crippen LogP) is 1.61. The first-order valence-corrected chi connectivity index (χ1v) is 5.66. The first-order chi connectivity index (χ1) is 7.50. The van der Waals surface area contributed by atoms with Gasteiger partial charge >= 0.3 is 5.97 Å². The molecule has 0 radical (unpaired) electrons. The van der Waals surface area contributed by atoms with E-state index in [-0.39, 0.29) is 11.5 Å². The summed E-state index contributed by atoms with van der Waals surface area (Å²) in [7, 11) is 0. The SMILES string of the molecule is NC(CSCc1ccc(F)cc1F)C(=O)O. The van der Waals surface area contributed by atoms with Crippen LogP contribution in [0.15, 0.2) is 18.2 Å². The zero-order chi connectivity index (χ0) is 12.1. The average molecular weight is 247 g/mol. The van der Waals surface area contributed by atoms with Crippen LogP contribution in [0.5, 0.6) is 0 Å². The van der Waals surface area contributed by atoms with E-state index < -0.39 is 23.6 Å². The van der Waals surface area contributed by atoms with Gasteiger partial charge in [0.15, 0.2) is 0 Å². The van der Waals surface area contributed by atoms with Gasteiger partial charge in [0.05, 0.1) is 0 Å². The lowest BCUT2D eigenvalue weighted by Gasteiger charge is -2.06. The highest BCUT2D eigenvalue weighted by Crippen LogP contribution is 2.17. The summed E-state index contributed by atoms with van der Waals surface area (Å²) in [5.74, 6) is -1.89. The van der Waals surface area contributed by atoms with E-state index in [0.717, 1.165) is 12.1 Å². The summed E-state index contributed by atoms with van der Waals surface area (Å²) in [6.45, 7) is 0. The molecule has 0 spiro atoms. The van der Waals surface area contributed by atoms with Crippen molar-refractivity contribution in [3.05, 3.63) is 35.4 Å². The monoisotopic (exact) mass is 247 g/mol. The van der Waals surface area contributed by atoms with Gasteiger partial charge in [-0.3, -0.25) is 4.79 Å². The van der Waals surface area contributed by atoms with Crippen LogP contribution in [-0.4, -0.2) is 22.9 Å². The Morgan fingerprint density at radius 2 is 2.19 bits per heavy atom. The second-order valence-corrected chi connectivity index (χ2v) is 4.23. The molecule has 0 amide bonds. The molecule has 0 aliphatic rings. The predicted molar refractivity (Wildman–Crippen MR) is 58.1 cm³/mol. The number of hydrogen-bond acceptors (Lipinski definition) is 3. The van der Waals surface area contributed by atoms with Crippen molar-refractivity contribution in [1.29, 1.82) is 0 Å². The topological polar surface area (TPSA) is 63.3 Å². The minimum Gasteiger partial charge on any atom is -0.480 e. The molecule has 16 heavy (non-hydrogen) atoms. The van der Waals surface area contributed by atoms with Gasteiger partial charge < -0.3 is 10.8 Å². The zero-order valence-corrected chi connectivity index (χ0v) is 9.14. The molecule has 0 heterocycles. The van der Waals surface area contributed by atoms with E-state index >= 15 is 0 Å². The summed E-state index contributed by atoms with van der Waals surface area (Å²) in [4.78, 5) is 10.4. The third-order valence-electron chi connectivity index (χ3n) is 1.89. The number of aliphatic carboxylic acids is 1. The normalized spacial score (nSPS) is 12.4. The quantitative estimate of drug-likeness (QED) is 0.829. The Hall–Kier alpha value is -1.14. The number of benzene rings is 1. The number of carbonyl (C=O) groups is 1. The van der Waals surface area contributed by atoms with E-state index in [9.17, 15) is 13.6 Å². The van der Waals surface area contributed by atoms with Crippen molar-refractivity contribution in [2.75, 3.05) is 5.75 Å². The molecule has 0 saturated heterocycles. The maximum Gasteiger partial charge on any atom is 0.321 e. The number of rotatable bonds is 5. The van der Waals surface area contributed by atoms with Crippen LogP contribution < -0.4 is 5.73 Å². The van der Waals surface area contributed by atoms with Crippen molar-refractivity contribution >= 4 is 17.7 Å². The molecule has 6 heteroatoms. The Kier molecular flexibility index (Phi) is 4.70. The number of hydrogen-bond donors (Lipinski definition) is 2. The molecule has 0 aliphatic carbocycles. The van der Waals surface area contributed by atoms with E-state index in [4.69, 9.17) is 10.8 Å². The Bertz CT molecular complexity index is 387. The molecule has 0 saturated carbocycles. The molecular formula is C10H11F2NO2S. The Balaban J connectivity index is 2.46. The summed E-state index contributed by atoms with van der Waals surface area (Å²) in [5, 5.41) is 8.51. The molecule has 0 aliphatic heterocycles. The molecule has 3 nitrogen and oxygen atoms in total. The van der Waals surface area contributed by atoms with Crippen LogP contribution in [0.2, 0.25) is 0 Å². The Labute approximate surface area is 95.6 Å². The molecular weight excluding hydrogens is 236 g/mol. The highest BCUT2D eigenvalue weighted by atomic mass is 32.2. The van der Waals surface area contributed by atoms with Crippen LogP contribution >= 0.6 is 11.8 Å². The van der Waals surface area contributed by atoms with Gasteiger partial charge in [-0.25, -0.2) is 8.78 Å². The molecule has 3 N–H and O–H groups in total.